The summed E-state index contributed by atoms with van der Waals surface area (Å²) in [7, 11) is 0. The summed E-state index contributed by atoms with van der Waals surface area (Å²) >= 11 is 0. The first-order chi connectivity index (χ1) is 9.52. The smallest absolute Gasteiger partial charge is 0.326 e. The Morgan fingerprint density at radius 2 is 1.95 bits per heavy atom. The van der Waals surface area contributed by atoms with Crippen LogP contribution in [0.4, 0.5) is 0 Å². The van der Waals surface area contributed by atoms with Crippen molar-refractivity contribution < 1.29 is 14.7 Å². The fraction of sp³-hybridized carbons (Fsp3) is 0.500. The Hall–Kier alpha value is -1.84. The first kappa shape index (κ1) is 14.6. The zero-order valence-corrected chi connectivity index (χ0v) is 12.0. The van der Waals surface area contributed by atoms with E-state index in [2.05, 4.69) is 0 Å². The first-order valence-corrected chi connectivity index (χ1v) is 7.10. The quantitative estimate of drug-likeness (QED) is 0.922. The molecule has 108 valence electrons. The number of rotatable bonds is 3. The second kappa shape index (κ2) is 6.07. The minimum atomic E-state index is -0.897. The highest BCUT2D eigenvalue weighted by Crippen LogP contribution is 2.27. The minimum Gasteiger partial charge on any atom is -0.480 e. The second-order valence-electron chi connectivity index (χ2n) is 5.57. The molecule has 0 bridgehead atoms. The molecule has 0 radical (unpaired) electrons. The molecule has 2 rings (SSSR count). The predicted octanol–water partition coefficient (Wildman–Crippen LogP) is 2.50. The molecule has 1 N–H and O–H groups in total. The number of carboxylic acid groups (broad SMARTS) is 1. The van der Waals surface area contributed by atoms with Gasteiger partial charge in [0.15, 0.2) is 0 Å². The van der Waals surface area contributed by atoms with Crippen molar-refractivity contribution in [2.24, 2.45) is 5.92 Å². The molecular formula is C16H21NO3. The topological polar surface area (TPSA) is 57.6 Å². The van der Waals surface area contributed by atoms with Gasteiger partial charge in [-0.1, -0.05) is 37.3 Å². The number of carbonyl (C=O) groups excluding carboxylic acids is 1. The van der Waals surface area contributed by atoms with Crippen LogP contribution in [0.1, 0.15) is 38.2 Å². The number of hydrogen-bond acceptors (Lipinski definition) is 2. The van der Waals surface area contributed by atoms with Gasteiger partial charge in [-0.3, -0.25) is 4.79 Å². The van der Waals surface area contributed by atoms with Crippen molar-refractivity contribution in [1.29, 1.82) is 0 Å². The summed E-state index contributed by atoms with van der Waals surface area (Å²) < 4.78 is 0. The van der Waals surface area contributed by atoms with Crippen molar-refractivity contribution in [2.45, 2.75) is 38.6 Å². The maximum absolute atomic E-state index is 12.6. The predicted molar refractivity (Wildman–Crippen MR) is 76.4 cm³/mol. The molecule has 3 atom stereocenters. The summed E-state index contributed by atoms with van der Waals surface area (Å²) in [5, 5.41) is 9.39. The molecule has 3 unspecified atom stereocenters. The number of carbonyl (C=O) groups is 2. The van der Waals surface area contributed by atoms with Gasteiger partial charge in [0.25, 0.3) is 0 Å². The lowest BCUT2D eigenvalue weighted by Gasteiger charge is -2.38. The molecule has 20 heavy (non-hydrogen) atoms. The number of benzene rings is 1. The van der Waals surface area contributed by atoms with Crippen LogP contribution in [0.25, 0.3) is 0 Å². The molecule has 1 saturated heterocycles. The van der Waals surface area contributed by atoms with Crippen LogP contribution in [-0.2, 0) is 9.59 Å². The molecule has 0 aliphatic carbocycles. The van der Waals surface area contributed by atoms with Crippen LogP contribution in [0.15, 0.2) is 30.3 Å². The Bertz CT molecular complexity index is 486. The Labute approximate surface area is 119 Å². The van der Waals surface area contributed by atoms with Gasteiger partial charge in [0.2, 0.25) is 5.91 Å². The van der Waals surface area contributed by atoms with Gasteiger partial charge in [0.05, 0.1) is 5.92 Å². The van der Waals surface area contributed by atoms with Crippen LogP contribution < -0.4 is 0 Å². The average molecular weight is 275 g/mol. The van der Waals surface area contributed by atoms with E-state index in [0.717, 1.165) is 18.4 Å². The summed E-state index contributed by atoms with van der Waals surface area (Å²) in [6.07, 6.45) is 1.73. The highest BCUT2D eigenvalue weighted by Gasteiger charge is 2.38. The fourth-order valence-corrected chi connectivity index (χ4v) is 2.94. The van der Waals surface area contributed by atoms with Gasteiger partial charge < -0.3 is 10.0 Å². The molecular weight excluding hydrogens is 254 g/mol. The summed E-state index contributed by atoms with van der Waals surface area (Å²) in [5.74, 6) is -1.28. The molecule has 1 fully saturated rings. The first-order valence-electron chi connectivity index (χ1n) is 7.10. The standard InChI is InChI=1S/C16H21NO3/c1-11-7-6-10-17(14(11)16(19)20)15(18)12(2)13-8-4-3-5-9-13/h3-5,8-9,11-12,14H,6-7,10H2,1-2H3,(H,19,20). The third-order valence-electron chi connectivity index (χ3n) is 4.14. The Morgan fingerprint density at radius 1 is 1.30 bits per heavy atom. The molecule has 0 saturated carbocycles. The maximum atomic E-state index is 12.6. The number of amides is 1. The normalized spacial score (nSPS) is 24.2. The number of likely N-dealkylation sites (tertiary alicyclic amines) is 1. The van der Waals surface area contributed by atoms with Gasteiger partial charge in [-0.25, -0.2) is 4.79 Å². The van der Waals surface area contributed by atoms with Crippen LogP contribution in [0.3, 0.4) is 0 Å². The van der Waals surface area contributed by atoms with Crippen molar-refractivity contribution in [3.8, 4) is 0 Å². The lowest BCUT2D eigenvalue weighted by atomic mass is 9.89. The zero-order valence-electron chi connectivity index (χ0n) is 12.0. The lowest BCUT2D eigenvalue weighted by molar-refractivity contribution is -0.155. The Morgan fingerprint density at radius 3 is 2.55 bits per heavy atom. The monoisotopic (exact) mass is 275 g/mol. The van der Waals surface area contributed by atoms with Gasteiger partial charge in [-0.2, -0.15) is 0 Å². The van der Waals surface area contributed by atoms with Crippen molar-refractivity contribution in [3.05, 3.63) is 35.9 Å². The Kier molecular flexibility index (Phi) is 4.42. The van der Waals surface area contributed by atoms with E-state index in [1.165, 1.54) is 0 Å². The third-order valence-corrected chi connectivity index (χ3v) is 4.14. The lowest BCUT2D eigenvalue weighted by Crippen LogP contribution is -2.53. The molecule has 0 aromatic heterocycles. The number of aliphatic carboxylic acids is 1. The van der Waals surface area contributed by atoms with Gasteiger partial charge >= 0.3 is 5.97 Å². The number of carboxylic acids is 1. The van der Waals surface area contributed by atoms with E-state index in [4.69, 9.17) is 0 Å². The van der Waals surface area contributed by atoms with E-state index in [9.17, 15) is 14.7 Å². The summed E-state index contributed by atoms with van der Waals surface area (Å²) in [6.45, 7) is 4.29. The van der Waals surface area contributed by atoms with Crippen molar-refractivity contribution >= 4 is 11.9 Å². The van der Waals surface area contributed by atoms with Crippen molar-refractivity contribution in [3.63, 3.8) is 0 Å². The van der Waals surface area contributed by atoms with Crippen LogP contribution in [0, 0.1) is 5.92 Å². The van der Waals surface area contributed by atoms with Crippen LogP contribution in [0.5, 0.6) is 0 Å². The molecule has 1 aromatic carbocycles. The molecule has 1 aliphatic rings. The van der Waals surface area contributed by atoms with E-state index < -0.39 is 12.0 Å². The minimum absolute atomic E-state index is 0.00757. The molecule has 4 heteroatoms. The molecule has 1 amide bonds. The summed E-state index contributed by atoms with van der Waals surface area (Å²) in [4.78, 5) is 25.6. The molecule has 1 heterocycles. The fourth-order valence-electron chi connectivity index (χ4n) is 2.94. The SMILES string of the molecule is CC(C(=O)N1CCCC(C)C1C(=O)O)c1ccccc1. The summed E-state index contributed by atoms with van der Waals surface area (Å²) in [6, 6.07) is 8.82. The van der Waals surface area contributed by atoms with E-state index in [0.29, 0.717) is 6.54 Å². The van der Waals surface area contributed by atoms with Gasteiger partial charge in [-0.15, -0.1) is 0 Å². The summed E-state index contributed by atoms with van der Waals surface area (Å²) in [5.41, 5.74) is 0.930. The van der Waals surface area contributed by atoms with Gasteiger partial charge in [0.1, 0.15) is 6.04 Å². The van der Waals surface area contributed by atoms with Gasteiger partial charge in [0, 0.05) is 6.54 Å². The van der Waals surface area contributed by atoms with E-state index in [1.807, 2.05) is 44.2 Å². The van der Waals surface area contributed by atoms with Crippen molar-refractivity contribution in [2.75, 3.05) is 6.54 Å². The number of piperidine rings is 1. The van der Waals surface area contributed by atoms with E-state index in [-0.39, 0.29) is 17.7 Å². The Balaban J connectivity index is 2.20. The highest BCUT2D eigenvalue weighted by molar-refractivity contribution is 5.88. The number of hydrogen-bond donors (Lipinski definition) is 1. The third kappa shape index (κ3) is 2.84. The maximum Gasteiger partial charge on any atom is 0.326 e. The molecule has 0 spiro atoms. The second-order valence-corrected chi connectivity index (χ2v) is 5.57. The van der Waals surface area contributed by atoms with E-state index >= 15 is 0 Å². The molecule has 1 aromatic rings. The van der Waals surface area contributed by atoms with Crippen molar-refractivity contribution in [1.82, 2.24) is 4.90 Å². The van der Waals surface area contributed by atoms with E-state index in [1.54, 1.807) is 4.90 Å². The van der Waals surface area contributed by atoms with Crippen LogP contribution in [0.2, 0.25) is 0 Å². The van der Waals surface area contributed by atoms with Gasteiger partial charge in [-0.05, 0) is 31.2 Å². The molecule has 4 nitrogen and oxygen atoms in total. The zero-order chi connectivity index (χ0) is 14.7. The molecule has 1 aliphatic heterocycles. The van der Waals surface area contributed by atoms with Crippen LogP contribution in [-0.4, -0.2) is 34.5 Å². The van der Waals surface area contributed by atoms with Crippen LogP contribution >= 0.6 is 0 Å². The average Bonchev–Trinajstić information content (AvgIpc) is 2.46. The number of nitrogens with zero attached hydrogens (tertiary/aromatic N) is 1. The largest absolute Gasteiger partial charge is 0.480 e. The highest BCUT2D eigenvalue weighted by atomic mass is 16.4.